The minimum absolute atomic E-state index is 0.264. The molecule has 0 spiro atoms. The topological polar surface area (TPSA) is 52.6 Å². The van der Waals surface area contributed by atoms with Gasteiger partial charge in [0, 0.05) is 12.0 Å². The summed E-state index contributed by atoms with van der Waals surface area (Å²) in [6.45, 7) is 4.99. The standard InChI is InChI=1S/C15H16O4/c1-11(2)14(16)19-10-13(15(17)18-3)9-12-7-5-4-6-8-12/h4-8,10H,1,9H2,2-3H3/b13-10-. The van der Waals surface area contributed by atoms with Gasteiger partial charge in [0.1, 0.15) is 6.26 Å². The lowest BCUT2D eigenvalue weighted by molar-refractivity contribution is -0.136. The summed E-state index contributed by atoms with van der Waals surface area (Å²) in [6.07, 6.45) is 1.45. The van der Waals surface area contributed by atoms with Crippen LogP contribution in [0.2, 0.25) is 0 Å². The molecule has 0 unspecified atom stereocenters. The number of benzene rings is 1. The molecule has 100 valence electrons. The lowest BCUT2D eigenvalue weighted by Crippen LogP contribution is -2.10. The fraction of sp³-hybridized carbons (Fsp3) is 0.200. The van der Waals surface area contributed by atoms with Crippen LogP contribution >= 0.6 is 0 Å². The lowest BCUT2D eigenvalue weighted by atomic mass is 10.1. The zero-order chi connectivity index (χ0) is 14.3. The molecule has 0 aliphatic rings. The summed E-state index contributed by atoms with van der Waals surface area (Å²) in [5.41, 5.74) is 1.45. The highest BCUT2D eigenvalue weighted by Gasteiger charge is 2.12. The fourth-order valence-electron chi connectivity index (χ4n) is 1.33. The molecule has 0 saturated heterocycles. The first-order valence-electron chi connectivity index (χ1n) is 5.72. The van der Waals surface area contributed by atoms with Gasteiger partial charge < -0.3 is 9.47 Å². The van der Waals surface area contributed by atoms with E-state index < -0.39 is 11.9 Å². The van der Waals surface area contributed by atoms with E-state index in [2.05, 4.69) is 11.3 Å². The maximum atomic E-state index is 11.6. The van der Waals surface area contributed by atoms with E-state index in [1.807, 2.05) is 30.3 Å². The quantitative estimate of drug-likeness (QED) is 0.463. The molecule has 1 aromatic rings. The molecule has 1 rings (SSSR count). The SMILES string of the molecule is C=C(C)C(=O)O/C=C(/Cc1ccccc1)C(=O)OC. The van der Waals surface area contributed by atoms with Crippen molar-refractivity contribution >= 4 is 11.9 Å². The number of hydrogen-bond acceptors (Lipinski definition) is 4. The summed E-state index contributed by atoms with van der Waals surface area (Å²) >= 11 is 0. The van der Waals surface area contributed by atoms with Crippen molar-refractivity contribution < 1.29 is 19.1 Å². The van der Waals surface area contributed by atoms with Crippen molar-refractivity contribution in [3.05, 3.63) is 59.9 Å². The second kappa shape index (κ2) is 7.16. The summed E-state index contributed by atoms with van der Waals surface area (Å²) in [6, 6.07) is 9.36. The predicted octanol–water partition coefficient (Wildman–Crippen LogP) is 2.41. The van der Waals surface area contributed by atoms with Crippen LogP contribution in [0.1, 0.15) is 12.5 Å². The first-order valence-corrected chi connectivity index (χ1v) is 5.72. The van der Waals surface area contributed by atoms with Crippen LogP contribution in [0.5, 0.6) is 0 Å². The molecule has 4 nitrogen and oxygen atoms in total. The van der Waals surface area contributed by atoms with Gasteiger partial charge >= 0.3 is 11.9 Å². The van der Waals surface area contributed by atoms with Crippen molar-refractivity contribution in [1.82, 2.24) is 0 Å². The Kier molecular flexibility index (Phi) is 5.54. The summed E-state index contributed by atoms with van der Waals surface area (Å²) in [4.78, 5) is 22.9. The molecule has 0 bridgehead atoms. The lowest BCUT2D eigenvalue weighted by Gasteiger charge is -2.06. The van der Waals surface area contributed by atoms with Crippen LogP contribution in [0, 0.1) is 0 Å². The summed E-state index contributed by atoms with van der Waals surface area (Å²) in [7, 11) is 1.28. The number of carbonyl (C=O) groups excluding carboxylic acids is 2. The average Bonchev–Trinajstić information content (AvgIpc) is 2.43. The van der Waals surface area contributed by atoms with Gasteiger partial charge in [-0.2, -0.15) is 0 Å². The van der Waals surface area contributed by atoms with Gasteiger partial charge in [0.15, 0.2) is 0 Å². The molecular formula is C15H16O4. The third kappa shape index (κ3) is 4.79. The normalized spacial score (nSPS) is 10.7. The Bertz CT molecular complexity index is 500. The van der Waals surface area contributed by atoms with Crippen molar-refractivity contribution in [3.63, 3.8) is 0 Å². The average molecular weight is 260 g/mol. The smallest absolute Gasteiger partial charge is 0.337 e. The van der Waals surface area contributed by atoms with Crippen molar-refractivity contribution in [3.8, 4) is 0 Å². The monoisotopic (exact) mass is 260 g/mol. The van der Waals surface area contributed by atoms with Crippen LogP contribution < -0.4 is 0 Å². The zero-order valence-corrected chi connectivity index (χ0v) is 11.0. The number of esters is 2. The number of rotatable bonds is 5. The van der Waals surface area contributed by atoms with Crippen molar-refractivity contribution in [1.29, 1.82) is 0 Å². The molecule has 0 amide bonds. The van der Waals surface area contributed by atoms with Crippen LogP contribution in [-0.4, -0.2) is 19.0 Å². The molecular weight excluding hydrogens is 244 g/mol. The first-order chi connectivity index (χ1) is 9.04. The molecule has 0 radical (unpaired) electrons. The highest BCUT2D eigenvalue weighted by Crippen LogP contribution is 2.10. The van der Waals surface area contributed by atoms with Crippen LogP contribution in [0.3, 0.4) is 0 Å². The van der Waals surface area contributed by atoms with Gasteiger partial charge in [-0.1, -0.05) is 36.9 Å². The highest BCUT2D eigenvalue weighted by molar-refractivity contribution is 5.90. The Morgan fingerprint density at radius 3 is 2.37 bits per heavy atom. The van der Waals surface area contributed by atoms with Gasteiger partial charge in [0.25, 0.3) is 0 Å². The van der Waals surface area contributed by atoms with Crippen LogP contribution in [0.15, 0.2) is 54.3 Å². The largest absolute Gasteiger partial charge is 0.466 e. The van der Waals surface area contributed by atoms with Crippen molar-refractivity contribution in [2.24, 2.45) is 0 Å². The molecule has 0 atom stereocenters. The van der Waals surface area contributed by atoms with E-state index in [0.29, 0.717) is 6.42 Å². The van der Waals surface area contributed by atoms with Gasteiger partial charge in [-0.3, -0.25) is 0 Å². The van der Waals surface area contributed by atoms with Crippen molar-refractivity contribution in [2.45, 2.75) is 13.3 Å². The van der Waals surface area contributed by atoms with Crippen molar-refractivity contribution in [2.75, 3.05) is 7.11 Å². The molecule has 0 saturated carbocycles. The second-order valence-electron chi connectivity index (χ2n) is 3.98. The number of ether oxygens (including phenoxy) is 2. The Labute approximate surface area is 112 Å². The van der Waals surface area contributed by atoms with Gasteiger partial charge in [-0.15, -0.1) is 0 Å². The highest BCUT2D eigenvalue weighted by atomic mass is 16.5. The third-order valence-electron chi connectivity index (χ3n) is 2.34. The van der Waals surface area contributed by atoms with E-state index >= 15 is 0 Å². The van der Waals surface area contributed by atoms with E-state index in [9.17, 15) is 9.59 Å². The molecule has 19 heavy (non-hydrogen) atoms. The Morgan fingerprint density at radius 2 is 1.84 bits per heavy atom. The maximum absolute atomic E-state index is 11.6. The molecule has 0 N–H and O–H groups in total. The molecule has 0 aliphatic carbocycles. The molecule has 1 aromatic carbocycles. The summed E-state index contributed by atoms with van der Waals surface area (Å²) in [5.74, 6) is -1.10. The van der Waals surface area contributed by atoms with E-state index in [0.717, 1.165) is 11.8 Å². The Balaban J connectivity index is 2.83. The van der Waals surface area contributed by atoms with E-state index in [4.69, 9.17) is 4.74 Å². The third-order valence-corrected chi connectivity index (χ3v) is 2.34. The maximum Gasteiger partial charge on any atom is 0.337 e. The first kappa shape index (κ1) is 14.7. The number of hydrogen-bond donors (Lipinski definition) is 0. The molecule has 0 aromatic heterocycles. The van der Waals surface area contributed by atoms with Crippen LogP contribution in [-0.2, 0) is 25.5 Å². The zero-order valence-electron chi connectivity index (χ0n) is 11.0. The molecule has 0 heterocycles. The Morgan fingerprint density at radius 1 is 1.21 bits per heavy atom. The molecule has 0 fully saturated rings. The Hall–Kier alpha value is -2.36. The number of methoxy groups -OCH3 is 1. The van der Waals surface area contributed by atoms with Crippen LogP contribution in [0.4, 0.5) is 0 Å². The molecule has 0 aliphatic heterocycles. The van der Waals surface area contributed by atoms with Gasteiger partial charge in [0.05, 0.1) is 12.7 Å². The van der Waals surface area contributed by atoms with Gasteiger partial charge in [-0.05, 0) is 12.5 Å². The summed E-state index contributed by atoms with van der Waals surface area (Å²) < 4.78 is 9.52. The van der Waals surface area contributed by atoms with E-state index in [1.165, 1.54) is 14.0 Å². The van der Waals surface area contributed by atoms with Gasteiger partial charge in [0.2, 0.25) is 0 Å². The fourth-order valence-corrected chi connectivity index (χ4v) is 1.33. The van der Waals surface area contributed by atoms with E-state index in [-0.39, 0.29) is 11.1 Å². The van der Waals surface area contributed by atoms with E-state index in [1.54, 1.807) is 0 Å². The molecule has 4 heteroatoms. The minimum Gasteiger partial charge on any atom is -0.466 e. The minimum atomic E-state index is -0.575. The number of carbonyl (C=O) groups is 2. The summed E-state index contributed by atoms with van der Waals surface area (Å²) in [5, 5.41) is 0. The van der Waals surface area contributed by atoms with Crippen LogP contribution in [0.25, 0.3) is 0 Å². The van der Waals surface area contributed by atoms with Gasteiger partial charge in [-0.25, -0.2) is 9.59 Å². The predicted molar refractivity (Wildman–Crippen MR) is 71.2 cm³/mol. The second-order valence-corrected chi connectivity index (χ2v) is 3.98.